The van der Waals surface area contributed by atoms with Gasteiger partial charge in [-0.15, -0.1) is 0 Å². The average molecular weight is 712 g/mol. The Kier molecular flexibility index (Phi) is 7.18. The molecule has 0 bridgehead atoms. The number of nitrogens with zero attached hydrogens (tertiary/aromatic N) is 1. The van der Waals surface area contributed by atoms with Crippen molar-refractivity contribution in [2.24, 2.45) is 0 Å². The van der Waals surface area contributed by atoms with E-state index in [1.807, 2.05) is 0 Å². The van der Waals surface area contributed by atoms with Crippen LogP contribution in [0.15, 0.2) is 188 Å². The molecule has 0 saturated heterocycles. The second-order valence-corrected chi connectivity index (χ2v) is 15.6. The van der Waals surface area contributed by atoms with E-state index in [0.29, 0.717) is 0 Å². The summed E-state index contributed by atoms with van der Waals surface area (Å²) in [7, 11) is 0. The van der Waals surface area contributed by atoms with Crippen LogP contribution in [-0.2, 0) is 5.41 Å². The van der Waals surface area contributed by atoms with Crippen LogP contribution in [0, 0.1) is 12.1 Å². The van der Waals surface area contributed by atoms with Crippen molar-refractivity contribution in [3.8, 4) is 33.4 Å². The number of hydrogen-bond donors (Lipinski definition) is 0. The minimum Gasteiger partial charge on any atom is -0.310 e. The van der Waals surface area contributed by atoms with E-state index in [1.54, 1.807) is 0 Å². The van der Waals surface area contributed by atoms with Crippen LogP contribution < -0.4 is 4.90 Å². The predicted molar refractivity (Wildman–Crippen MR) is 237 cm³/mol. The molecular formula is C55H37N. The van der Waals surface area contributed by atoms with Crippen molar-refractivity contribution in [2.75, 3.05) is 4.90 Å². The summed E-state index contributed by atoms with van der Waals surface area (Å²) in [6.07, 6.45) is 0. The molecule has 56 heavy (non-hydrogen) atoms. The van der Waals surface area contributed by atoms with Gasteiger partial charge in [-0.05, 0) is 137 Å². The monoisotopic (exact) mass is 711 g/mol. The molecule has 0 amide bonds. The van der Waals surface area contributed by atoms with Gasteiger partial charge in [0, 0.05) is 33.2 Å². The van der Waals surface area contributed by atoms with Crippen LogP contribution in [0.25, 0.3) is 76.5 Å². The van der Waals surface area contributed by atoms with Crippen molar-refractivity contribution in [2.45, 2.75) is 19.3 Å². The molecule has 10 aromatic rings. The summed E-state index contributed by atoms with van der Waals surface area (Å²) in [5.74, 6) is 0. The molecule has 0 aromatic heterocycles. The van der Waals surface area contributed by atoms with Crippen LogP contribution in [0.3, 0.4) is 0 Å². The summed E-state index contributed by atoms with van der Waals surface area (Å²) >= 11 is 0. The van der Waals surface area contributed by atoms with Gasteiger partial charge in [-0.2, -0.15) is 0 Å². The summed E-state index contributed by atoms with van der Waals surface area (Å²) in [6.45, 7) is 4.70. The third kappa shape index (κ3) is 5.11. The minimum absolute atomic E-state index is 0.100. The van der Waals surface area contributed by atoms with Crippen molar-refractivity contribution in [3.63, 3.8) is 0 Å². The van der Waals surface area contributed by atoms with Gasteiger partial charge in [0.15, 0.2) is 0 Å². The smallest absolute Gasteiger partial charge is 0.0465 e. The van der Waals surface area contributed by atoms with Gasteiger partial charge in [0.2, 0.25) is 0 Å². The fourth-order valence-corrected chi connectivity index (χ4v) is 9.08. The summed E-state index contributed by atoms with van der Waals surface area (Å²) in [5, 5.41) is 9.66. The largest absolute Gasteiger partial charge is 0.310 e. The van der Waals surface area contributed by atoms with Gasteiger partial charge in [-0.1, -0.05) is 153 Å². The minimum atomic E-state index is -0.100. The highest BCUT2D eigenvalue weighted by molar-refractivity contribution is 6.09. The van der Waals surface area contributed by atoms with Crippen molar-refractivity contribution < 1.29 is 0 Å². The lowest BCUT2D eigenvalue weighted by Gasteiger charge is -2.28. The van der Waals surface area contributed by atoms with Crippen molar-refractivity contribution in [1.82, 2.24) is 0 Å². The van der Waals surface area contributed by atoms with Crippen molar-refractivity contribution in [1.29, 1.82) is 0 Å². The van der Waals surface area contributed by atoms with E-state index in [2.05, 4.69) is 219 Å². The Labute approximate surface area is 327 Å². The second-order valence-electron chi connectivity index (χ2n) is 15.6. The fourth-order valence-electron chi connectivity index (χ4n) is 9.08. The van der Waals surface area contributed by atoms with Crippen LogP contribution >= 0.6 is 0 Å². The molecule has 0 unspecified atom stereocenters. The first-order valence-electron chi connectivity index (χ1n) is 19.4. The molecule has 0 fully saturated rings. The number of hydrogen-bond acceptors (Lipinski definition) is 1. The van der Waals surface area contributed by atoms with E-state index in [4.69, 9.17) is 0 Å². The number of fused-ring (bicyclic) bond motifs is 9. The molecule has 0 spiro atoms. The van der Waals surface area contributed by atoms with Gasteiger partial charge in [-0.3, -0.25) is 0 Å². The third-order valence-electron chi connectivity index (χ3n) is 12.1. The van der Waals surface area contributed by atoms with Crippen molar-refractivity contribution in [3.05, 3.63) is 211 Å². The lowest BCUT2D eigenvalue weighted by molar-refractivity contribution is 0.660. The van der Waals surface area contributed by atoms with E-state index in [0.717, 1.165) is 27.8 Å². The lowest BCUT2D eigenvalue weighted by atomic mass is 9.82. The first kappa shape index (κ1) is 32.3. The van der Waals surface area contributed by atoms with Crippen LogP contribution in [0.2, 0.25) is 0 Å². The Morgan fingerprint density at radius 2 is 0.875 bits per heavy atom. The van der Waals surface area contributed by atoms with E-state index in [9.17, 15) is 0 Å². The highest BCUT2D eigenvalue weighted by Gasteiger charge is 2.35. The van der Waals surface area contributed by atoms with E-state index in [1.165, 1.54) is 76.8 Å². The van der Waals surface area contributed by atoms with Gasteiger partial charge in [-0.25, -0.2) is 0 Å². The summed E-state index contributed by atoms with van der Waals surface area (Å²) < 4.78 is 0. The molecule has 262 valence electrons. The Hall–Kier alpha value is -7.14. The first-order chi connectivity index (χ1) is 27.5. The maximum Gasteiger partial charge on any atom is 0.0465 e. The summed E-state index contributed by atoms with van der Waals surface area (Å²) in [4.78, 5) is 2.40. The Balaban J connectivity index is 1.01. The zero-order chi connectivity index (χ0) is 37.4. The zero-order valence-electron chi connectivity index (χ0n) is 31.3. The first-order valence-corrected chi connectivity index (χ1v) is 19.4. The van der Waals surface area contributed by atoms with Crippen molar-refractivity contribution >= 4 is 60.2 Å². The molecule has 0 radical (unpaired) electrons. The maximum absolute atomic E-state index is 3.36. The standard InChI is InChI=1S/C55H37N/c1-55(2)53-14-8-7-13-49(53)50-32-31-46(35-54(50)55)56(44-27-23-36(24-28-44)42-21-19-40-17-15-38-9-3-5-11-47(38)51(40)33-42)45-29-25-37(26-30-45)43-22-20-41-18-16-39-10-4-6-12-48(39)52(41)34-43/h3-15,17,19-35H,1-2H3. The van der Waals surface area contributed by atoms with Crippen LogP contribution in [0.4, 0.5) is 17.1 Å². The Morgan fingerprint density at radius 3 is 1.62 bits per heavy atom. The lowest BCUT2D eigenvalue weighted by Crippen LogP contribution is -2.16. The molecular weight excluding hydrogens is 675 g/mol. The normalized spacial score (nSPS) is 12.8. The fraction of sp³-hybridized carbons (Fsp3) is 0.0545. The van der Waals surface area contributed by atoms with Crippen LogP contribution in [0.1, 0.15) is 25.0 Å². The van der Waals surface area contributed by atoms with Gasteiger partial charge in [0.1, 0.15) is 0 Å². The van der Waals surface area contributed by atoms with E-state index >= 15 is 0 Å². The molecule has 1 nitrogen and oxygen atoms in total. The maximum atomic E-state index is 3.36. The molecule has 0 heterocycles. The Morgan fingerprint density at radius 1 is 0.357 bits per heavy atom. The number of rotatable bonds is 5. The zero-order valence-corrected chi connectivity index (χ0v) is 31.3. The van der Waals surface area contributed by atoms with Gasteiger partial charge in [0.05, 0.1) is 0 Å². The van der Waals surface area contributed by atoms with Gasteiger partial charge in [0.25, 0.3) is 0 Å². The third-order valence-corrected chi connectivity index (χ3v) is 12.1. The number of anilines is 3. The summed E-state index contributed by atoms with van der Waals surface area (Å²) in [6, 6.07) is 75.7. The molecule has 0 N–H and O–H groups in total. The molecule has 10 aromatic carbocycles. The highest BCUT2D eigenvalue weighted by Crippen LogP contribution is 2.50. The van der Waals surface area contributed by atoms with Gasteiger partial charge < -0.3 is 4.90 Å². The van der Waals surface area contributed by atoms with E-state index in [-0.39, 0.29) is 5.41 Å². The predicted octanol–water partition coefficient (Wildman–Crippen LogP) is 15.0. The summed E-state index contributed by atoms with van der Waals surface area (Å²) in [5.41, 5.74) is 13.4. The molecule has 0 atom stereocenters. The quantitative estimate of drug-likeness (QED) is 0.161. The highest BCUT2D eigenvalue weighted by atomic mass is 15.1. The Bertz CT molecular complexity index is 2990. The molecule has 0 aliphatic heterocycles. The van der Waals surface area contributed by atoms with Gasteiger partial charge >= 0.3 is 0 Å². The topological polar surface area (TPSA) is 3.24 Å². The second kappa shape index (κ2) is 12.5. The molecule has 0 saturated carbocycles. The van der Waals surface area contributed by atoms with Crippen LogP contribution in [0.5, 0.6) is 0 Å². The average Bonchev–Trinajstić information content (AvgIpc) is 3.49. The number of benzene rings is 9. The SMILES string of the molecule is CC1(C)c2ccccc2-c2ccc(N(c3ccc(-c4ccc5c#cc6ccccc6c5c4)cc3)c3ccc(-c4ccc5ccc6ccccc6c5c4)cc3)cc21. The van der Waals surface area contributed by atoms with Crippen LogP contribution in [-0.4, -0.2) is 0 Å². The molecule has 1 heteroatoms. The van der Waals surface area contributed by atoms with E-state index < -0.39 is 0 Å². The molecule has 1 aliphatic carbocycles. The molecule has 11 rings (SSSR count). The molecule has 1 aliphatic rings.